The third kappa shape index (κ3) is 4.21. The van der Waals surface area contributed by atoms with E-state index >= 15 is 0 Å². The Balaban J connectivity index is 1.65. The number of carbonyl (C=O) groups is 1. The lowest BCUT2D eigenvalue weighted by molar-refractivity contribution is 0.0917. The maximum absolute atomic E-state index is 13.2. The number of amides is 1. The second kappa shape index (κ2) is 8.21. The molecule has 2 heterocycles. The van der Waals surface area contributed by atoms with Crippen LogP contribution >= 0.6 is 22.9 Å². The van der Waals surface area contributed by atoms with Gasteiger partial charge in [-0.15, -0.1) is 11.3 Å². The van der Waals surface area contributed by atoms with Gasteiger partial charge in [-0.1, -0.05) is 48.0 Å². The molecular weight excluding hydrogens is 380 g/mol. The zero-order valence-electron chi connectivity index (χ0n) is 14.7. The molecule has 1 saturated heterocycles. The lowest BCUT2D eigenvalue weighted by Crippen LogP contribution is -2.37. The van der Waals surface area contributed by atoms with E-state index < -0.39 is 0 Å². The van der Waals surface area contributed by atoms with E-state index in [0.29, 0.717) is 22.3 Å². The SMILES string of the molecule is O=C(c1cccc(Cl)c1)N(CC1CCCO1)c1nc(-c2ccccc2)cs1. The highest BCUT2D eigenvalue weighted by atomic mass is 35.5. The Kier molecular flexibility index (Phi) is 5.53. The third-order valence-corrected chi connectivity index (χ3v) is 5.62. The highest BCUT2D eigenvalue weighted by Gasteiger charge is 2.27. The fraction of sp³-hybridized carbons (Fsp3) is 0.238. The number of thiazole rings is 1. The van der Waals surface area contributed by atoms with Crippen LogP contribution in [0, 0.1) is 0 Å². The van der Waals surface area contributed by atoms with Crippen molar-refractivity contribution in [1.29, 1.82) is 0 Å². The van der Waals surface area contributed by atoms with Gasteiger partial charge >= 0.3 is 0 Å². The van der Waals surface area contributed by atoms with E-state index in [2.05, 4.69) is 0 Å². The minimum Gasteiger partial charge on any atom is -0.376 e. The van der Waals surface area contributed by atoms with Gasteiger partial charge in [0.05, 0.1) is 18.3 Å². The maximum Gasteiger partial charge on any atom is 0.260 e. The molecule has 3 aromatic rings. The predicted octanol–water partition coefficient (Wildman–Crippen LogP) is 5.29. The van der Waals surface area contributed by atoms with E-state index in [1.165, 1.54) is 11.3 Å². The van der Waals surface area contributed by atoms with Crippen LogP contribution in [0.3, 0.4) is 0 Å². The van der Waals surface area contributed by atoms with E-state index in [1.807, 2.05) is 35.7 Å². The smallest absolute Gasteiger partial charge is 0.260 e. The van der Waals surface area contributed by atoms with Crippen molar-refractivity contribution in [2.24, 2.45) is 0 Å². The number of aromatic nitrogens is 1. The molecule has 0 saturated carbocycles. The number of anilines is 1. The molecule has 1 fully saturated rings. The molecule has 27 heavy (non-hydrogen) atoms. The second-order valence-corrected chi connectivity index (χ2v) is 7.72. The van der Waals surface area contributed by atoms with Gasteiger partial charge in [-0.2, -0.15) is 0 Å². The topological polar surface area (TPSA) is 42.4 Å². The van der Waals surface area contributed by atoms with Gasteiger partial charge in [0.15, 0.2) is 5.13 Å². The summed E-state index contributed by atoms with van der Waals surface area (Å²) in [7, 11) is 0. The van der Waals surface area contributed by atoms with Crippen molar-refractivity contribution in [2.75, 3.05) is 18.1 Å². The zero-order valence-corrected chi connectivity index (χ0v) is 16.2. The number of ether oxygens (including phenoxy) is 1. The number of hydrogen-bond acceptors (Lipinski definition) is 4. The molecule has 1 aromatic heterocycles. The van der Waals surface area contributed by atoms with Crippen LogP contribution in [0.15, 0.2) is 60.0 Å². The molecule has 1 aliphatic heterocycles. The van der Waals surface area contributed by atoms with Crippen LogP contribution in [-0.2, 0) is 4.74 Å². The number of carbonyl (C=O) groups excluding carboxylic acids is 1. The van der Waals surface area contributed by atoms with Crippen LogP contribution in [0.1, 0.15) is 23.2 Å². The Morgan fingerprint density at radius 1 is 1.22 bits per heavy atom. The third-order valence-electron chi connectivity index (χ3n) is 4.52. The summed E-state index contributed by atoms with van der Waals surface area (Å²) in [4.78, 5) is 19.7. The van der Waals surface area contributed by atoms with Crippen molar-refractivity contribution < 1.29 is 9.53 Å². The van der Waals surface area contributed by atoms with Crippen molar-refractivity contribution in [3.8, 4) is 11.3 Å². The molecule has 6 heteroatoms. The Hall–Kier alpha value is -2.21. The van der Waals surface area contributed by atoms with Crippen LogP contribution in [0.25, 0.3) is 11.3 Å². The quantitative estimate of drug-likeness (QED) is 0.586. The first kappa shape index (κ1) is 18.2. The molecule has 0 bridgehead atoms. The standard InChI is InChI=1S/C21H19ClN2O2S/c22-17-9-4-8-16(12-17)20(25)24(13-18-10-5-11-26-18)21-23-19(14-27-21)15-6-2-1-3-7-15/h1-4,6-9,12,14,18H,5,10-11,13H2. The van der Waals surface area contributed by atoms with Gasteiger partial charge in [0.1, 0.15) is 0 Å². The van der Waals surface area contributed by atoms with Crippen LogP contribution in [0.2, 0.25) is 5.02 Å². The van der Waals surface area contributed by atoms with Crippen LogP contribution in [0.5, 0.6) is 0 Å². The van der Waals surface area contributed by atoms with Crippen molar-refractivity contribution in [3.05, 3.63) is 70.6 Å². The van der Waals surface area contributed by atoms with Gasteiger partial charge in [0.2, 0.25) is 0 Å². The Bertz CT molecular complexity index is 923. The Labute approximate surface area is 167 Å². The fourth-order valence-corrected chi connectivity index (χ4v) is 4.18. The van der Waals surface area contributed by atoms with Gasteiger partial charge < -0.3 is 4.74 Å². The van der Waals surface area contributed by atoms with Crippen molar-refractivity contribution in [1.82, 2.24) is 4.98 Å². The molecule has 138 valence electrons. The number of benzene rings is 2. The highest BCUT2D eigenvalue weighted by Crippen LogP contribution is 2.30. The zero-order chi connectivity index (χ0) is 18.6. The number of rotatable bonds is 5. The molecule has 1 atom stereocenters. The summed E-state index contributed by atoms with van der Waals surface area (Å²) in [5.74, 6) is -0.109. The van der Waals surface area contributed by atoms with Gasteiger partial charge in [0, 0.05) is 28.1 Å². The van der Waals surface area contributed by atoms with Gasteiger partial charge in [-0.25, -0.2) is 4.98 Å². The van der Waals surface area contributed by atoms with Gasteiger partial charge in [-0.05, 0) is 31.0 Å². The molecule has 0 spiro atoms. The number of hydrogen-bond donors (Lipinski definition) is 0. The predicted molar refractivity (Wildman–Crippen MR) is 110 cm³/mol. The van der Waals surface area contributed by atoms with E-state index in [4.69, 9.17) is 21.3 Å². The highest BCUT2D eigenvalue weighted by molar-refractivity contribution is 7.14. The molecule has 4 rings (SSSR count). The minimum atomic E-state index is -0.109. The van der Waals surface area contributed by atoms with E-state index in [-0.39, 0.29) is 12.0 Å². The average Bonchev–Trinajstić information content (AvgIpc) is 3.38. The molecule has 2 aromatic carbocycles. The van der Waals surface area contributed by atoms with Crippen molar-refractivity contribution in [3.63, 3.8) is 0 Å². The first-order valence-electron chi connectivity index (χ1n) is 8.91. The average molecular weight is 399 g/mol. The summed E-state index contributed by atoms with van der Waals surface area (Å²) in [6.07, 6.45) is 2.02. The first-order chi connectivity index (χ1) is 13.2. The Morgan fingerprint density at radius 3 is 2.81 bits per heavy atom. The summed E-state index contributed by atoms with van der Waals surface area (Å²) >= 11 is 7.55. The minimum absolute atomic E-state index is 0.0391. The van der Waals surface area contributed by atoms with Crippen molar-refractivity contribution in [2.45, 2.75) is 18.9 Å². The van der Waals surface area contributed by atoms with Crippen LogP contribution in [-0.4, -0.2) is 30.1 Å². The van der Waals surface area contributed by atoms with E-state index in [9.17, 15) is 4.79 Å². The second-order valence-electron chi connectivity index (χ2n) is 6.44. The number of nitrogens with zero attached hydrogens (tertiary/aromatic N) is 2. The summed E-state index contributed by atoms with van der Waals surface area (Å²) < 4.78 is 5.76. The molecule has 4 nitrogen and oxygen atoms in total. The Morgan fingerprint density at radius 2 is 2.07 bits per heavy atom. The first-order valence-corrected chi connectivity index (χ1v) is 10.2. The molecule has 1 unspecified atom stereocenters. The maximum atomic E-state index is 13.2. The largest absolute Gasteiger partial charge is 0.376 e. The number of halogens is 1. The van der Waals surface area contributed by atoms with Crippen LogP contribution < -0.4 is 4.90 Å². The lowest BCUT2D eigenvalue weighted by Gasteiger charge is -2.23. The summed E-state index contributed by atoms with van der Waals surface area (Å²) in [6.45, 7) is 1.24. The summed E-state index contributed by atoms with van der Waals surface area (Å²) in [5, 5.41) is 3.20. The monoisotopic (exact) mass is 398 g/mol. The molecular formula is C21H19ClN2O2S. The molecule has 1 aliphatic rings. The molecule has 1 amide bonds. The molecule has 0 radical (unpaired) electrons. The fourth-order valence-electron chi connectivity index (χ4n) is 3.15. The summed E-state index contributed by atoms with van der Waals surface area (Å²) in [5.41, 5.74) is 2.45. The molecule has 0 N–H and O–H groups in total. The molecule has 0 aliphatic carbocycles. The van der Waals surface area contributed by atoms with Crippen molar-refractivity contribution >= 4 is 34.0 Å². The van der Waals surface area contributed by atoms with E-state index in [0.717, 1.165) is 30.7 Å². The normalized spacial score (nSPS) is 16.4. The van der Waals surface area contributed by atoms with E-state index in [1.54, 1.807) is 29.2 Å². The van der Waals surface area contributed by atoms with Gasteiger partial charge in [0.25, 0.3) is 5.91 Å². The van der Waals surface area contributed by atoms with Gasteiger partial charge in [-0.3, -0.25) is 9.69 Å². The van der Waals surface area contributed by atoms with Crippen LogP contribution in [0.4, 0.5) is 5.13 Å². The lowest BCUT2D eigenvalue weighted by atomic mass is 10.1. The summed E-state index contributed by atoms with van der Waals surface area (Å²) in [6, 6.07) is 17.0.